The van der Waals surface area contributed by atoms with Gasteiger partial charge in [-0.15, -0.1) is 0 Å². The van der Waals surface area contributed by atoms with Crippen molar-refractivity contribution in [3.8, 4) is 5.75 Å². The highest BCUT2D eigenvalue weighted by Gasteiger charge is 2.18. The Morgan fingerprint density at radius 1 is 1.45 bits per heavy atom. The number of nitrogens with zero attached hydrogens (tertiary/aromatic N) is 1. The number of methoxy groups -OCH3 is 1. The fraction of sp³-hybridized carbons (Fsp3) is 0.562. The fourth-order valence-electron chi connectivity index (χ4n) is 2.15. The second kappa shape index (κ2) is 9.71. The first-order valence-corrected chi connectivity index (χ1v) is 8.71. The summed E-state index contributed by atoms with van der Waals surface area (Å²) < 4.78 is 5.26. The highest BCUT2D eigenvalue weighted by Crippen LogP contribution is 2.22. The molecule has 1 amide bonds. The standard InChI is InChI=1S/C16H27N3O2S/c1-19(2)15(12-6-5-7-13(10-12)21-3)11-18-16(20)14(17)8-9-22-4/h5-7,10,14-15H,8-9,11,17H2,1-4H3,(H,18,20)/t14-,15?/m0/s1. The van der Waals surface area contributed by atoms with Gasteiger partial charge in [0.05, 0.1) is 19.2 Å². The molecule has 1 aromatic rings. The van der Waals surface area contributed by atoms with E-state index >= 15 is 0 Å². The summed E-state index contributed by atoms with van der Waals surface area (Å²) in [6, 6.07) is 7.52. The molecule has 0 saturated heterocycles. The minimum atomic E-state index is -0.444. The summed E-state index contributed by atoms with van der Waals surface area (Å²) in [6.45, 7) is 0.520. The topological polar surface area (TPSA) is 67.6 Å². The van der Waals surface area contributed by atoms with Gasteiger partial charge in [0.1, 0.15) is 5.75 Å². The molecule has 0 heterocycles. The Morgan fingerprint density at radius 3 is 2.77 bits per heavy atom. The lowest BCUT2D eigenvalue weighted by molar-refractivity contribution is -0.122. The summed E-state index contributed by atoms with van der Waals surface area (Å²) >= 11 is 1.70. The van der Waals surface area contributed by atoms with Crippen molar-refractivity contribution in [2.24, 2.45) is 5.73 Å². The van der Waals surface area contributed by atoms with Crippen molar-refractivity contribution < 1.29 is 9.53 Å². The molecule has 0 fully saturated rings. The van der Waals surface area contributed by atoms with Crippen LogP contribution in [0.1, 0.15) is 18.0 Å². The first kappa shape index (κ1) is 18.8. The van der Waals surface area contributed by atoms with E-state index in [4.69, 9.17) is 10.5 Å². The Labute approximate surface area is 137 Å². The molecule has 0 aliphatic heterocycles. The van der Waals surface area contributed by atoms with Crippen LogP contribution in [0.3, 0.4) is 0 Å². The number of hydrogen-bond donors (Lipinski definition) is 2. The largest absolute Gasteiger partial charge is 0.497 e. The number of likely N-dealkylation sites (N-methyl/N-ethyl adjacent to an activating group) is 1. The van der Waals surface area contributed by atoms with Gasteiger partial charge >= 0.3 is 0 Å². The summed E-state index contributed by atoms with van der Waals surface area (Å²) in [5, 5.41) is 2.95. The molecule has 0 radical (unpaired) electrons. The summed E-state index contributed by atoms with van der Waals surface area (Å²) in [6.07, 6.45) is 2.70. The van der Waals surface area contributed by atoms with Crippen molar-refractivity contribution in [2.45, 2.75) is 18.5 Å². The molecule has 0 saturated carbocycles. The Hall–Kier alpha value is -1.24. The summed E-state index contributed by atoms with van der Waals surface area (Å²) in [4.78, 5) is 14.1. The average molecular weight is 325 g/mol. The van der Waals surface area contributed by atoms with Gasteiger partial charge in [0, 0.05) is 6.54 Å². The Morgan fingerprint density at radius 2 is 2.18 bits per heavy atom. The van der Waals surface area contributed by atoms with E-state index in [1.165, 1.54) is 0 Å². The van der Waals surface area contributed by atoms with Gasteiger partial charge in [-0.3, -0.25) is 4.79 Å². The molecule has 0 aliphatic carbocycles. The van der Waals surface area contributed by atoms with Crippen molar-refractivity contribution in [3.05, 3.63) is 29.8 Å². The summed E-state index contributed by atoms with van der Waals surface area (Å²) in [5.41, 5.74) is 6.99. The van der Waals surface area contributed by atoms with E-state index < -0.39 is 6.04 Å². The summed E-state index contributed by atoms with van der Waals surface area (Å²) in [5.74, 6) is 1.61. The number of rotatable bonds is 9. The number of nitrogens with two attached hydrogens (primary N) is 1. The lowest BCUT2D eigenvalue weighted by Crippen LogP contribution is -2.44. The van der Waals surface area contributed by atoms with Gasteiger partial charge in [-0.05, 0) is 50.2 Å². The van der Waals surface area contributed by atoms with Gasteiger partial charge in [-0.1, -0.05) is 12.1 Å². The maximum Gasteiger partial charge on any atom is 0.237 e. The van der Waals surface area contributed by atoms with Gasteiger partial charge in [0.15, 0.2) is 0 Å². The van der Waals surface area contributed by atoms with Gasteiger partial charge in [-0.2, -0.15) is 11.8 Å². The van der Waals surface area contributed by atoms with E-state index in [0.29, 0.717) is 13.0 Å². The first-order chi connectivity index (χ1) is 10.5. The first-order valence-electron chi connectivity index (χ1n) is 7.32. The molecule has 6 heteroatoms. The number of benzene rings is 1. The van der Waals surface area contributed by atoms with E-state index in [1.54, 1.807) is 18.9 Å². The molecule has 0 aliphatic rings. The minimum absolute atomic E-state index is 0.0757. The van der Waals surface area contributed by atoms with Crippen LogP contribution in [0.25, 0.3) is 0 Å². The van der Waals surface area contributed by atoms with Crippen LogP contribution in [0.4, 0.5) is 0 Å². The van der Waals surface area contributed by atoms with Gasteiger partial charge in [0.2, 0.25) is 5.91 Å². The molecule has 0 aromatic heterocycles. The number of carbonyl (C=O) groups is 1. The van der Waals surface area contributed by atoms with Crippen LogP contribution < -0.4 is 15.8 Å². The summed E-state index contributed by atoms with van der Waals surface area (Å²) in [7, 11) is 5.63. The van der Waals surface area contributed by atoms with Crippen molar-refractivity contribution in [1.29, 1.82) is 0 Å². The highest BCUT2D eigenvalue weighted by atomic mass is 32.2. The zero-order valence-corrected chi connectivity index (χ0v) is 14.7. The normalized spacial score (nSPS) is 13.7. The van der Waals surface area contributed by atoms with Crippen molar-refractivity contribution in [1.82, 2.24) is 10.2 Å². The molecule has 0 bridgehead atoms. The third kappa shape index (κ3) is 5.87. The highest BCUT2D eigenvalue weighted by molar-refractivity contribution is 7.98. The number of carbonyl (C=O) groups excluding carboxylic acids is 1. The monoisotopic (exact) mass is 325 g/mol. The van der Waals surface area contributed by atoms with Crippen molar-refractivity contribution in [2.75, 3.05) is 39.8 Å². The Balaban J connectivity index is 2.66. The number of ether oxygens (including phenoxy) is 1. The molecule has 2 atom stereocenters. The molecule has 1 rings (SSSR count). The van der Waals surface area contributed by atoms with Crippen LogP contribution in [-0.4, -0.2) is 56.6 Å². The van der Waals surface area contributed by atoms with Crippen LogP contribution in [-0.2, 0) is 4.79 Å². The molecular formula is C16H27N3O2S. The maximum absolute atomic E-state index is 12.0. The lowest BCUT2D eigenvalue weighted by atomic mass is 10.1. The molecule has 1 unspecified atom stereocenters. The van der Waals surface area contributed by atoms with Gasteiger partial charge < -0.3 is 20.7 Å². The number of nitrogens with one attached hydrogen (secondary N) is 1. The van der Waals surface area contributed by atoms with Crippen molar-refractivity contribution in [3.63, 3.8) is 0 Å². The molecular weight excluding hydrogens is 298 g/mol. The lowest BCUT2D eigenvalue weighted by Gasteiger charge is -2.26. The van der Waals surface area contributed by atoms with Crippen LogP contribution in [0.5, 0.6) is 5.75 Å². The number of hydrogen-bond acceptors (Lipinski definition) is 5. The molecule has 1 aromatic carbocycles. The Bertz CT molecular complexity index is 468. The second-order valence-corrected chi connectivity index (χ2v) is 6.37. The molecule has 3 N–H and O–H groups in total. The van der Waals surface area contributed by atoms with E-state index in [0.717, 1.165) is 17.1 Å². The van der Waals surface area contributed by atoms with Gasteiger partial charge in [-0.25, -0.2) is 0 Å². The second-order valence-electron chi connectivity index (χ2n) is 5.39. The maximum atomic E-state index is 12.0. The van der Waals surface area contributed by atoms with E-state index in [-0.39, 0.29) is 11.9 Å². The van der Waals surface area contributed by atoms with Crippen LogP contribution in [0, 0.1) is 0 Å². The quantitative estimate of drug-likeness (QED) is 0.720. The van der Waals surface area contributed by atoms with Gasteiger partial charge in [0.25, 0.3) is 0 Å². The zero-order valence-electron chi connectivity index (χ0n) is 13.8. The number of thioether (sulfide) groups is 1. The predicted octanol–water partition coefficient (Wildman–Crippen LogP) is 1.49. The predicted molar refractivity (Wildman–Crippen MR) is 93.4 cm³/mol. The van der Waals surface area contributed by atoms with Crippen molar-refractivity contribution >= 4 is 17.7 Å². The molecule has 5 nitrogen and oxygen atoms in total. The smallest absolute Gasteiger partial charge is 0.237 e. The van der Waals surface area contributed by atoms with Crippen LogP contribution in [0.2, 0.25) is 0 Å². The molecule has 124 valence electrons. The third-order valence-corrected chi connectivity index (χ3v) is 4.19. The van der Waals surface area contributed by atoms with Crippen LogP contribution in [0.15, 0.2) is 24.3 Å². The van der Waals surface area contributed by atoms with E-state index in [2.05, 4.69) is 10.2 Å². The average Bonchev–Trinajstić information content (AvgIpc) is 2.52. The minimum Gasteiger partial charge on any atom is -0.497 e. The number of amides is 1. The molecule has 0 spiro atoms. The van der Waals surface area contributed by atoms with E-state index in [9.17, 15) is 4.79 Å². The third-order valence-electron chi connectivity index (χ3n) is 3.54. The fourth-order valence-corrected chi connectivity index (χ4v) is 2.64. The van der Waals surface area contributed by atoms with Crippen LogP contribution >= 0.6 is 11.8 Å². The van der Waals surface area contributed by atoms with E-state index in [1.807, 2.05) is 44.6 Å². The zero-order chi connectivity index (χ0) is 16.5. The Kier molecular flexibility index (Phi) is 8.30. The SMILES string of the molecule is COc1cccc(C(CNC(=O)[C@@H](N)CCSC)N(C)C)c1. The molecule has 22 heavy (non-hydrogen) atoms.